The van der Waals surface area contributed by atoms with Crippen LogP contribution in [0.25, 0.3) is 0 Å². The van der Waals surface area contributed by atoms with Crippen molar-refractivity contribution in [2.75, 3.05) is 10.6 Å². The highest BCUT2D eigenvalue weighted by Gasteiger charge is 2.13. The Bertz CT molecular complexity index is 632. The van der Waals surface area contributed by atoms with Gasteiger partial charge in [0.25, 0.3) is 0 Å². The molecular weight excluding hydrogens is 260 g/mol. The maximum atomic E-state index is 12.2. The third kappa shape index (κ3) is 4.09. The normalized spacial score (nSPS) is 11.8. The van der Waals surface area contributed by atoms with Crippen LogP contribution in [0.1, 0.15) is 23.6 Å². The molecule has 2 N–H and O–H groups in total. The number of carbonyl (C=O) groups excluding carboxylic acids is 1. The van der Waals surface area contributed by atoms with Crippen molar-refractivity contribution < 1.29 is 4.79 Å². The first-order valence-electron chi connectivity index (χ1n) is 7.17. The van der Waals surface area contributed by atoms with E-state index in [0.717, 1.165) is 16.9 Å². The topological polar surface area (TPSA) is 41.1 Å². The van der Waals surface area contributed by atoms with E-state index in [0.29, 0.717) is 0 Å². The van der Waals surface area contributed by atoms with Crippen LogP contribution in [0, 0.1) is 20.8 Å². The lowest BCUT2D eigenvalue weighted by atomic mass is 10.1. The van der Waals surface area contributed by atoms with Gasteiger partial charge in [-0.2, -0.15) is 0 Å². The summed E-state index contributed by atoms with van der Waals surface area (Å²) in [5.41, 5.74) is 5.35. The third-order valence-electron chi connectivity index (χ3n) is 3.47. The van der Waals surface area contributed by atoms with Gasteiger partial charge in [-0.1, -0.05) is 35.4 Å². The van der Waals surface area contributed by atoms with Crippen LogP contribution < -0.4 is 10.6 Å². The van der Waals surface area contributed by atoms with Crippen LogP contribution in [0.15, 0.2) is 42.5 Å². The van der Waals surface area contributed by atoms with Gasteiger partial charge in [0.05, 0.1) is 0 Å². The average Bonchev–Trinajstić information content (AvgIpc) is 2.44. The Kier molecular flexibility index (Phi) is 4.63. The van der Waals surface area contributed by atoms with Gasteiger partial charge in [0.1, 0.15) is 6.04 Å². The molecule has 1 atom stereocenters. The van der Waals surface area contributed by atoms with Gasteiger partial charge in [0, 0.05) is 11.4 Å². The zero-order valence-electron chi connectivity index (χ0n) is 13.0. The number of aryl methyl sites for hydroxylation is 3. The monoisotopic (exact) mass is 282 g/mol. The van der Waals surface area contributed by atoms with Crippen molar-refractivity contribution in [1.29, 1.82) is 0 Å². The first-order valence-corrected chi connectivity index (χ1v) is 7.17. The summed E-state index contributed by atoms with van der Waals surface area (Å²) in [4.78, 5) is 12.2. The number of hydrogen-bond acceptors (Lipinski definition) is 2. The molecule has 0 aromatic heterocycles. The lowest BCUT2D eigenvalue weighted by Crippen LogP contribution is -2.32. The smallest absolute Gasteiger partial charge is 0.246 e. The zero-order chi connectivity index (χ0) is 15.4. The van der Waals surface area contributed by atoms with Gasteiger partial charge in [-0.3, -0.25) is 4.79 Å². The van der Waals surface area contributed by atoms with Gasteiger partial charge in [-0.25, -0.2) is 0 Å². The fourth-order valence-electron chi connectivity index (χ4n) is 2.16. The standard InChI is InChI=1S/C18H22N2O/c1-12-5-8-16(9-6-12)20-18(21)15(4)19-17-10-7-13(2)11-14(17)3/h5-11,15,19H,1-4H3,(H,20,21). The molecule has 2 aromatic carbocycles. The molecule has 2 aromatic rings. The van der Waals surface area contributed by atoms with Crippen molar-refractivity contribution in [2.45, 2.75) is 33.7 Å². The predicted octanol–water partition coefficient (Wildman–Crippen LogP) is 4.05. The molecule has 1 amide bonds. The van der Waals surface area contributed by atoms with Crippen LogP contribution in [-0.2, 0) is 4.79 Å². The van der Waals surface area contributed by atoms with Crippen LogP contribution in [0.3, 0.4) is 0 Å². The van der Waals surface area contributed by atoms with E-state index in [-0.39, 0.29) is 11.9 Å². The van der Waals surface area contributed by atoms with Gasteiger partial charge < -0.3 is 10.6 Å². The quantitative estimate of drug-likeness (QED) is 0.888. The van der Waals surface area contributed by atoms with Gasteiger partial charge >= 0.3 is 0 Å². The molecule has 0 aliphatic carbocycles. The molecule has 3 nitrogen and oxygen atoms in total. The molecule has 0 saturated carbocycles. The van der Waals surface area contributed by atoms with Gasteiger partial charge in [0.2, 0.25) is 5.91 Å². The molecule has 110 valence electrons. The molecule has 0 aliphatic heterocycles. The Morgan fingerprint density at radius 1 is 0.952 bits per heavy atom. The van der Waals surface area contributed by atoms with Crippen molar-refractivity contribution in [3.05, 3.63) is 59.2 Å². The van der Waals surface area contributed by atoms with Crippen LogP contribution in [0.2, 0.25) is 0 Å². The van der Waals surface area contributed by atoms with E-state index in [4.69, 9.17) is 0 Å². The summed E-state index contributed by atoms with van der Waals surface area (Å²) in [5.74, 6) is -0.0428. The minimum atomic E-state index is -0.298. The first-order chi connectivity index (χ1) is 9.95. The molecule has 2 rings (SSSR count). The zero-order valence-corrected chi connectivity index (χ0v) is 13.0. The van der Waals surface area contributed by atoms with Crippen molar-refractivity contribution >= 4 is 17.3 Å². The van der Waals surface area contributed by atoms with E-state index >= 15 is 0 Å². The van der Waals surface area contributed by atoms with Gasteiger partial charge in [0.15, 0.2) is 0 Å². The van der Waals surface area contributed by atoms with E-state index in [9.17, 15) is 4.79 Å². The number of amides is 1. The number of benzene rings is 2. The van der Waals surface area contributed by atoms with Gasteiger partial charge in [-0.15, -0.1) is 0 Å². The molecule has 0 bridgehead atoms. The average molecular weight is 282 g/mol. The Morgan fingerprint density at radius 2 is 1.57 bits per heavy atom. The van der Waals surface area contributed by atoms with E-state index in [2.05, 4.69) is 23.6 Å². The Balaban J connectivity index is 2.00. The number of rotatable bonds is 4. The summed E-state index contributed by atoms with van der Waals surface area (Å²) in [6, 6.07) is 13.7. The molecule has 0 aliphatic rings. The second kappa shape index (κ2) is 6.44. The van der Waals surface area contributed by atoms with E-state index in [1.54, 1.807) is 0 Å². The highest BCUT2D eigenvalue weighted by Crippen LogP contribution is 2.17. The van der Waals surface area contributed by atoms with Crippen molar-refractivity contribution in [3.63, 3.8) is 0 Å². The second-order valence-electron chi connectivity index (χ2n) is 5.54. The molecule has 3 heteroatoms. The first kappa shape index (κ1) is 15.1. The fraction of sp³-hybridized carbons (Fsp3) is 0.278. The van der Waals surface area contributed by atoms with E-state index in [1.807, 2.05) is 57.2 Å². The van der Waals surface area contributed by atoms with Crippen molar-refractivity contribution in [1.82, 2.24) is 0 Å². The van der Waals surface area contributed by atoms with Crippen molar-refractivity contribution in [2.24, 2.45) is 0 Å². The molecule has 0 saturated heterocycles. The Morgan fingerprint density at radius 3 is 2.19 bits per heavy atom. The number of carbonyl (C=O) groups is 1. The minimum absolute atomic E-state index is 0.0428. The third-order valence-corrected chi connectivity index (χ3v) is 3.47. The summed E-state index contributed by atoms with van der Waals surface area (Å²) in [6.45, 7) is 7.99. The second-order valence-corrected chi connectivity index (χ2v) is 5.54. The fourth-order valence-corrected chi connectivity index (χ4v) is 2.16. The predicted molar refractivity (Wildman–Crippen MR) is 88.8 cm³/mol. The van der Waals surface area contributed by atoms with Crippen LogP contribution in [0.4, 0.5) is 11.4 Å². The SMILES string of the molecule is Cc1ccc(NC(=O)C(C)Nc2ccc(C)cc2C)cc1. The molecule has 0 heterocycles. The lowest BCUT2D eigenvalue weighted by Gasteiger charge is -2.17. The number of hydrogen-bond donors (Lipinski definition) is 2. The lowest BCUT2D eigenvalue weighted by molar-refractivity contribution is -0.116. The van der Waals surface area contributed by atoms with Crippen LogP contribution in [0.5, 0.6) is 0 Å². The number of anilines is 2. The van der Waals surface area contributed by atoms with Crippen LogP contribution >= 0.6 is 0 Å². The number of nitrogens with one attached hydrogen (secondary N) is 2. The summed E-state index contributed by atoms with van der Waals surface area (Å²) < 4.78 is 0. The molecule has 21 heavy (non-hydrogen) atoms. The molecule has 0 spiro atoms. The Hall–Kier alpha value is -2.29. The van der Waals surface area contributed by atoms with Gasteiger partial charge in [-0.05, 0) is 51.5 Å². The summed E-state index contributed by atoms with van der Waals surface area (Å²) >= 11 is 0. The molecule has 0 radical (unpaired) electrons. The summed E-state index contributed by atoms with van der Waals surface area (Å²) in [5, 5.41) is 6.18. The van der Waals surface area contributed by atoms with Crippen molar-refractivity contribution in [3.8, 4) is 0 Å². The largest absolute Gasteiger partial charge is 0.374 e. The highest BCUT2D eigenvalue weighted by atomic mass is 16.2. The summed E-state index contributed by atoms with van der Waals surface area (Å²) in [7, 11) is 0. The van der Waals surface area contributed by atoms with Crippen LogP contribution in [-0.4, -0.2) is 11.9 Å². The van der Waals surface area contributed by atoms with E-state index < -0.39 is 0 Å². The Labute approximate surface area is 126 Å². The maximum absolute atomic E-state index is 12.2. The summed E-state index contributed by atoms with van der Waals surface area (Å²) in [6.07, 6.45) is 0. The minimum Gasteiger partial charge on any atom is -0.374 e. The highest BCUT2D eigenvalue weighted by molar-refractivity contribution is 5.96. The molecule has 1 unspecified atom stereocenters. The maximum Gasteiger partial charge on any atom is 0.246 e. The molecular formula is C18H22N2O. The van der Waals surface area contributed by atoms with E-state index in [1.165, 1.54) is 11.1 Å². The molecule has 0 fully saturated rings.